The summed E-state index contributed by atoms with van der Waals surface area (Å²) in [5, 5.41) is 22.3. The number of para-hydroxylation sites is 1. The van der Waals surface area contributed by atoms with Crippen LogP contribution in [-0.4, -0.2) is 33.8 Å². The molecule has 5 heteroatoms. The molecule has 106 valence electrons. The number of hydrogen-bond acceptors (Lipinski definition) is 4. The minimum absolute atomic E-state index is 0.0332. The van der Waals surface area contributed by atoms with Gasteiger partial charge in [0.25, 0.3) is 0 Å². The van der Waals surface area contributed by atoms with Gasteiger partial charge in [-0.15, -0.1) is 0 Å². The molecule has 1 heterocycles. The number of nitrogens with zero attached hydrogens (tertiary/aromatic N) is 1. The molecular formula is C15H18N2O3. The number of nitrogens with one attached hydrogen (secondary N) is 1. The Morgan fingerprint density at radius 3 is 2.65 bits per heavy atom. The van der Waals surface area contributed by atoms with Gasteiger partial charge in [0.05, 0.1) is 23.7 Å². The SMILES string of the molecule is CC(C)C(CO)Nc1cc(C(=O)O)c2ccccc2n1. The molecule has 0 saturated carbocycles. The topological polar surface area (TPSA) is 82.5 Å². The van der Waals surface area contributed by atoms with Crippen molar-refractivity contribution in [2.75, 3.05) is 11.9 Å². The Balaban J connectivity index is 2.47. The van der Waals surface area contributed by atoms with Crippen molar-refractivity contribution in [3.8, 4) is 0 Å². The number of aromatic nitrogens is 1. The van der Waals surface area contributed by atoms with E-state index >= 15 is 0 Å². The van der Waals surface area contributed by atoms with Gasteiger partial charge in [0.15, 0.2) is 0 Å². The third-order valence-corrected chi connectivity index (χ3v) is 3.28. The molecule has 0 aliphatic carbocycles. The molecule has 0 saturated heterocycles. The molecule has 0 aliphatic rings. The third-order valence-electron chi connectivity index (χ3n) is 3.28. The third kappa shape index (κ3) is 2.88. The Hall–Kier alpha value is -2.14. The first kappa shape index (κ1) is 14.3. The number of rotatable bonds is 5. The van der Waals surface area contributed by atoms with E-state index in [2.05, 4.69) is 10.3 Å². The molecule has 0 amide bonds. The highest BCUT2D eigenvalue weighted by Gasteiger charge is 2.16. The monoisotopic (exact) mass is 274 g/mol. The summed E-state index contributed by atoms with van der Waals surface area (Å²) in [5.74, 6) is -0.313. The largest absolute Gasteiger partial charge is 0.478 e. The Labute approximate surface area is 117 Å². The second-order valence-electron chi connectivity index (χ2n) is 5.05. The lowest BCUT2D eigenvalue weighted by Crippen LogP contribution is -2.30. The van der Waals surface area contributed by atoms with Crippen molar-refractivity contribution >= 4 is 22.7 Å². The van der Waals surface area contributed by atoms with Crippen molar-refractivity contribution in [1.82, 2.24) is 4.98 Å². The lowest BCUT2D eigenvalue weighted by atomic mass is 10.0. The van der Waals surface area contributed by atoms with Crippen LogP contribution in [0.3, 0.4) is 0 Å². The Kier molecular flexibility index (Phi) is 4.20. The summed E-state index contributed by atoms with van der Waals surface area (Å²) in [7, 11) is 0. The lowest BCUT2D eigenvalue weighted by molar-refractivity contribution is 0.0699. The molecular weight excluding hydrogens is 256 g/mol. The van der Waals surface area contributed by atoms with Crippen molar-refractivity contribution in [3.63, 3.8) is 0 Å². The number of anilines is 1. The van der Waals surface area contributed by atoms with E-state index in [1.807, 2.05) is 19.9 Å². The summed E-state index contributed by atoms with van der Waals surface area (Å²) >= 11 is 0. The molecule has 0 aliphatic heterocycles. The van der Waals surface area contributed by atoms with E-state index in [-0.39, 0.29) is 24.1 Å². The summed E-state index contributed by atoms with van der Waals surface area (Å²) in [5.41, 5.74) is 0.828. The minimum atomic E-state index is -0.989. The summed E-state index contributed by atoms with van der Waals surface area (Å²) in [6, 6.07) is 8.46. The Bertz CT molecular complexity index is 626. The fourth-order valence-corrected chi connectivity index (χ4v) is 2.04. The molecule has 0 spiro atoms. The summed E-state index contributed by atoms with van der Waals surface area (Å²) in [6.07, 6.45) is 0. The van der Waals surface area contributed by atoms with Crippen molar-refractivity contribution in [2.24, 2.45) is 5.92 Å². The van der Waals surface area contributed by atoms with E-state index in [4.69, 9.17) is 0 Å². The maximum atomic E-state index is 11.4. The van der Waals surface area contributed by atoms with Crippen molar-refractivity contribution in [3.05, 3.63) is 35.9 Å². The van der Waals surface area contributed by atoms with Gasteiger partial charge >= 0.3 is 5.97 Å². The van der Waals surface area contributed by atoms with Crippen LogP contribution in [0.4, 0.5) is 5.82 Å². The Morgan fingerprint density at radius 1 is 1.35 bits per heavy atom. The molecule has 1 atom stereocenters. The maximum absolute atomic E-state index is 11.4. The molecule has 2 aromatic rings. The average molecular weight is 274 g/mol. The number of aliphatic hydroxyl groups excluding tert-OH is 1. The number of pyridine rings is 1. The zero-order chi connectivity index (χ0) is 14.7. The fourth-order valence-electron chi connectivity index (χ4n) is 2.04. The van der Waals surface area contributed by atoms with E-state index in [1.54, 1.807) is 18.2 Å². The highest BCUT2D eigenvalue weighted by molar-refractivity contribution is 6.03. The van der Waals surface area contributed by atoms with E-state index < -0.39 is 5.97 Å². The van der Waals surface area contributed by atoms with Gasteiger partial charge in [-0.05, 0) is 18.1 Å². The quantitative estimate of drug-likeness (QED) is 0.779. The lowest BCUT2D eigenvalue weighted by Gasteiger charge is -2.21. The van der Waals surface area contributed by atoms with Gasteiger partial charge in [0.1, 0.15) is 5.82 Å². The maximum Gasteiger partial charge on any atom is 0.336 e. The summed E-state index contributed by atoms with van der Waals surface area (Å²) in [6.45, 7) is 3.93. The van der Waals surface area contributed by atoms with Crippen LogP contribution in [0.5, 0.6) is 0 Å². The van der Waals surface area contributed by atoms with E-state index in [0.29, 0.717) is 16.7 Å². The molecule has 20 heavy (non-hydrogen) atoms. The number of carboxylic acid groups (broad SMARTS) is 1. The molecule has 1 aromatic heterocycles. The summed E-state index contributed by atoms with van der Waals surface area (Å²) in [4.78, 5) is 15.8. The van der Waals surface area contributed by atoms with Crippen LogP contribution >= 0.6 is 0 Å². The molecule has 5 nitrogen and oxygen atoms in total. The van der Waals surface area contributed by atoms with Crippen molar-refractivity contribution in [1.29, 1.82) is 0 Å². The van der Waals surface area contributed by atoms with Crippen LogP contribution < -0.4 is 5.32 Å². The molecule has 0 bridgehead atoms. The van der Waals surface area contributed by atoms with Crippen LogP contribution in [0.1, 0.15) is 24.2 Å². The molecule has 3 N–H and O–H groups in total. The first-order chi connectivity index (χ1) is 9.52. The van der Waals surface area contributed by atoms with Crippen LogP contribution in [0.25, 0.3) is 10.9 Å². The van der Waals surface area contributed by atoms with E-state index in [1.165, 1.54) is 6.07 Å². The zero-order valence-electron chi connectivity index (χ0n) is 11.5. The first-order valence-corrected chi connectivity index (χ1v) is 6.53. The predicted octanol–water partition coefficient (Wildman–Crippen LogP) is 2.36. The number of carbonyl (C=O) groups is 1. The van der Waals surface area contributed by atoms with Gasteiger partial charge in [-0.2, -0.15) is 0 Å². The first-order valence-electron chi connectivity index (χ1n) is 6.53. The average Bonchev–Trinajstić information content (AvgIpc) is 2.43. The Morgan fingerprint density at radius 2 is 2.05 bits per heavy atom. The second-order valence-corrected chi connectivity index (χ2v) is 5.05. The summed E-state index contributed by atoms with van der Waals surface area (Å²) < 4.78 is 0. The van der Waals surface area contributed by atoms with Gasteiger partial charge in [0.2, 0.25) is 0 Å². The molecule has 2 rings (SSSR count). The zero-order valence-corrected chi connectivity index (χ0v) is 11.5. The molecule has 1 aromatic carbocycles. The van der Waals surface area contributed by atoms with E-state index in [0.717, 1.165) is 0 Å². The number of aromatic carboxylic acids is 1. The number of carboxylic acids is 1. The normalized spacial score (nSPS) is 12.6. The van der Waals surface area contributed by atoms with Gasteiger partial charge in [-0.1, -0.05) is 32.0 Å². The number of aliphatic hydroxyl groups is 1. The number of hydrogen-bond donors (Lipinski definition) is 3. The van der Waals surface area contributed by atoms with Crippen molar-refractivity contribution in [2.45, 2.75) is 19.9 Å². The van der Waals surface area contributed by atoms with Gasteiger partial charge in [-0.25, -0.2) is 9.78 Å². The number of fused-ring (bicyclic) bond motifs is 1. The van der Waals surface area contributed by atoms with Crippen LogP contribution in [-0.2, 0) is 0 Å². The van der Waals surface area contributed by atoms with Gasteiger partial charge in [0, 0.05) is 5.39 Å². The molecule has 0 fully saturated rings. The fraction of sp³-hybridized carbons (Fsp3) is 0.333. The van der Waals surface area contributed by atoms with E-state index in [9.17, 15) is 15.0 Å². The standard InChI is InChI=1S/C15H18N2O3/c1-9(2)13(8-18)17-14-7-11(15(19)20)10-5-3-4-6-12(10)16-14/h3-7,9,13,18H,8H2,1-2H3,(H,16,17)(H,19,20). The van der Waals surface area contributed by atoms with Crippen molar-refractivity contribution < 1.29 is 15.0 Å². The second kappa shape index (κ2) is 5.88. The minimum Gasteiger partial charge on any atom is -0.478 e. The highest BCUT2D eigenvalue weighted by Crippen LogP contribution is 2.22. The molecule has 1 unspecified atom stereocenters. The van der Waals surface area contributed by atoms with Crippen LogP contribution in [0.2, 0.25) is 0 Å². The van der Waals surface area contributed by atoms with Gasteiger partial charge < -0.3 is 15.5 Å². The highest BCUT2D eigenvalue weighted by atomic mass is 16.4. The smallest absolute Gasteiger partial charge is 0.336 e. The van der Waals surface area contributed by atoms with Gasteiger partial charge in [-0.3, -0.25) is 0 Å². The van der Waals surface area contributed by atoms with Crippen LogP contribution in [0, 0.1) is 5.92 Å². The van der Waals surface area contributed by atoms with Crippen LogP contribution in [0.15, 0.2) is 30.3 Å². The predicted molar refractivity (Wildman–Crippen MR) is 78.0 cm³/mol. The molecule has 0 radical (unpaired) electrons. The number of benzene rings is 1.